The molecule has 0 fully saturated rings. The lowest BCUT2D eigenvalue weighted by Gasteiger charge is -2.13. The van der Waals surface area contributed by atoms with Crippen molar-refractivity contribution in [3.05, 3.63) is 35.9 Å². The zero-order valence-corrected chi connectivity index (χ0v) is 13.7. The number of esters is 1. The molecule has 21 heavy (non-hydrogen) atoms. The number of hydrogen-bond donors (Lipinski definition) is 0. The average Bonchev–Trinajstić information content (AvgIpc) is 2.43. The Hall–Kier alpha value is -1.77. The quantitative estimate of drug-likeness (QED) is 0.554. The van der Waals surface area contributed by atoms with Gasteiger partial charge in [-0.15, -0.1) is 0 Å². The molecule has 0 radical (unpaired) electrons. The molecule has 0 bridgehead atoms. The van der Waals surface area contributed by atoms with E-state index in [1.165, 1.54) is 0 Å². The fourth-order valence-electron chi connectivity index (χ4n) is 1.90. The van der Waals surface area contributed by atoms with Crippen LogP contribution in [0, 0.1) is 11.8 Å². The van der Waals surface area contributed by atoms with Gasteiger partial charge < -0.3 is 9.47 Å². The average molecular weight is 290 g/mol. The molecule has 116 valence electrons. The molecule has 0 N–H and O–H groups in total. The van der Waals surface area contributed by atoms with Crippen LogP contribution < -0.4 is 4.74 Å². The van der Waals surface area contributed by atoms with E-state index in [-0.39, 0.29) is 11.9 Å². The van der Waals surface area contributed by atoms with Crippen molar-refractivity contribution in [2.24, 2.45) is 11.8 Å². The van der Waals surface area contributed by atoms with Crippen LogP contribution in [-0.4, -0.2) is 19.2 Å². The Morgan fingerprint density at radius 3 is 2.24 bits per heavy atom. The Morgan fingerprint density at radius 1 is 1.14 bits per heavy atom. The zero-order valence-electron chi connectivity index (χ0n) is 13.7. The summed E-state index contributed by atoms with van der Waals surface area (Å²) in [5.74, 6) is 1.31. The van der Waals surface area contributed by atoms with Gasteiger partial charge in [-0.1, -0.05) is 39.8 Å². The molecule has 0 unspecified atom stereocenters. The Bertz CT molecular complexity index is 470. The highest BCUT2D eigenvalue weighted by atomic mass is 16.5. The Kier molecular flexibility index (Phi) is 7.00. The van der Waals surface area contributed by atoms with E-state index in [1.54, 1.807) is 6.08 Å². The third-order valence-corrected chi connectivity index (χ3v) is 2.95. The molecule has 1 aromatic carbocycles. The number of ether oxygens (including phenoxy) is 2. The van der Waals surface area contributed by atoms with Gasteiger partial charge in [-0.25, -0.2) is 4.79 Å². The van der Waals surface area contributed by atoms with Gasteiger partial charge >= 0.3 is 5.97 Å². The third kappa shape index (κ3) is 6.03. The molecule has 0 saturated heterocycles. The first kappa shape index (κ1) is 17.3. The van der Waals surface area contributed by atoms with E-state index < -0.39 is 0 Å². The van der Waals surface area contributed by atoms with Gasteiger partial charge in [0.05, 0.1) is 13.2 Å². The van der Waals surface area contributed by atoms with E-state index in [1.807, 2.05) is 31.2 Å². The van der Waals surface area contributed by atoms with Gasteiger partial charge in [0.1, 0.15) is 5.75 Å². The Balaban J connectivity index is 2.87. The van der Waals surface area contributed by atoms with E-state index in [0.29, 0.717) is 19.1 Å². The molecule has 0 aliphatic rings. The molecule has 0 saturated carbocycles. The first-order valence-corrected chi connectivity index (χ1v) is 7.55. The van der Waals surface area contributed by atoms with Crippen LogP contribution in [0.4, 0.5) is 0 Å². The molecule has 3 heteroatoms. The number of carbonyl (C=O) groups excluding carboxylic acids is 1. The summed E-state index contributed by atoms with van der Waals surface area (Å²) in [5, 5.41) is 0. The molecule has 0 aliphatic heterocycles. The van der Waals surface area contributed by atoms with Crippen molar-refractivity contribution in [3.63, 3.8) is 0 Å². The van der Waals surface area contributed by atoms with Crippen LogP contribution in [0.3, 0.4) is 0 Å². The maximum atomic E-state index is 11.7. The second-order valence-electron chi connectivity index (χ2n) is 5.74. The Labute approximate surface area is 128 Å². The minimum Gasteiger partial charge on any atom is -0.493 e. The van der Waals surface area contributed by atoms with E-state index in [9.17, 15) is 4.79 Å². The lowest BCUT2D eigenvalue weighted by atomic mass is 9.95. The van der Waals surface area contributed by atoms with Crippen LogP contribution >= 0.6 is 0 Å². The van der Waals surface area contributed by atoms with Gasteiger partial charge in [0.2, 0.25) is 0 Å². The highest BCUT2D eigenvalue weighted by molar-refractivity contribution is 5.91. The highest BCUT2D eigenvalue weighted by Gasteiger charge is 2.10. The van der Waals surface area contributed by atoms with Gasteiger partial charge in [0.15, 0.2) is 0 Å². The van der Waals surface area contributed by atoms with Crippen LogP contribution in [-0.2, 0) is 9.53 Å². The summed E-state index contributed by atoms with van der Waals surface area (Å²) in [6.45, 7) is 11.3. The van der Waals surface area contributed by atoms with E-state index >= 15 is 0 Å². The monoisotopic (exact) mass is 290 g/mol. The second-order valence-corrected chi connectivity index (χ2v) is 5.74. The molecule has 1 rings (SSSR count). The van der Waals surface area contributed by atoms with Crippen LogP contribution in [0.15, 0.2) is 30.3 Å². The summed E-state index contributed by atoms with van der Waals surface area (Å²) < 4.78 is 10.7. The molecule has 0 spiro atoms. The Morgan fingerprint density at radius 2 is 1.76 bits per heavy atom. The van der Waals surface area contributed by atoms with E-state index in [2.05, 4.69) is 27.7 Å². The predicted octanol–water partition coefficient (Wildman–Crippen LogP) is 4.32. The SMILES string of the molecule is CCOC(=O)C=C(c1ccc(OCC(C)C)cc1)C(C)C. The number of benzene rings is 1. The summed E-state index contributed by atoms with van der Waals surface area (Å²) in [5.41, 5.74) is 2.00. The van der Waals surface area contributed by atoms with E-state index in [4.69, 9.17) is 9.47 Å². The normalized spacial score (nSPS) is 11.9. The minimum atomic E-state index is -0.290. The van der Waals surface area contributed by atoms with Crippen LogP contribution in [0.2, 0.25) is 0 Å². The summed E-state index contributed by atoms with van der Waals surface area (Å²) in [4.78, 5) is 11.7. The largest absolute Gasteiger partial charge is 0.493 e. The topological polar surface area (TPSA) is 35.5 Å². The van der Waals surface area contributed by atoms with E-state index in [0.717, 1.165) is 16.9 Å². The first-order chi connectivity index (χ1) is 9.93. The zero-order chi connectivity index (χ0) is 15.8. The number of carbonyl (C=O) groups is 1. The first-order valence-electron chi connectivity index (χ1n) is 7.55. The van der Waals surface area contributed by atoms with Crippen molar-refractivity contribution in [3.8, 4) is 5.75 Å². The van der Waals surface area contributed by atoms with Crippen molar-refractivity contribution in [2.45, 2.75) is 34.6 Å². The number of allylic oxidation sites excluding steroid dienone is 1. The van der Waals surface area contributed by atoms with Crippen molar-refractivity contribution in [1.82, 2.24) is 0 Å². The van der Waals surface area contributed by atoms with Crippen molar-refractivity contribution < 1.29 is 14.3 Å². The molecular formula is C18H26O3. The fraction of sp³-hybridized carbons (Fsp3) is 0.500. The second kappa shape index (κ2) is 8.50. The molecule has 0 heterocycles. The lowest BCUT2D eigenvalue weighted by molar-refractivity contribution is -0.137. The summed E-state index contributed by atoms with van der Waals surface area (Å²) >= 11 is 0. The van der Waals surface area contributed by atoms with Crippen LogP contribution in [0.1, 0.15) is 40.2 Å². The minimum absolute atomic E-state index is 0.247. The third-order valence-electron chi connectivity index (χ3n) is 2.95. The van der Waals surface area contributed by atoms with Crippen molar-refractivity contribution in [2.75, 3.05) is 13.2 Å². The predicted molar refractivity (Wildman–Crippen MR) is 86.2 cm³/mol. The van der Waals surface area contributed by atoms with Gasteiger partial charge in [0, 0.05) is 6.08 Å². The number of hydrogen-bond acceptors (Lipinski definition) is 3. The van der Waals surface area contributed by atoms with Crippen LogP contribution in [0.25, 0.3) is 5.57 Å². The highest BCUT2D eigenvalue weighted by Crippen LogP contribution is 2.25. The maximum absolute atomic E-state index is 11.7. The molecule has 3 nitrogen and oxygen atoms in total. The van der Waals surface area contributed by atoms with Gasteiger partial charge in [-0.2, -0.15) is 0 Å². The molecule has 0 aromatic heterocycles. The smallest absolute Gasteiger partial charge is 0.331 e. The molecular weight excluding hydrogens is 264 g/mol. The summed E-state index contributed by atoms with van der Waals surface area (Å²) in [6.07, 6.45) is 1.58. The van der Waals surface area contributed by atoms with Crippen molar-refractivity contribution in [1.29, 1.82) is 0 Å². The summed E-state index contributed by atoms with van der Waals surface area (Å²) in [7, 11) is 0. The summed E-state index contributed by atoms with van der Waals surface area (Å²) in [6, 6.07) is 7.86. The van der Waals surface area contributed by atoms with Gasteiger partial charge in [-0.05, 0) is 42.0 Å². The van der Waals surface area contributed by atoms with Gasteiger partial charge in [0.25, 0.3) is 0 Å². The standard InChI is InChI=1S/C18H26O3/c1-6-20-18(19)11-17(14(4)5)15-7-9-16(10-8-15)21-12-13(2)3/h7-11,13-14H,6,12H2,1-5H3. The molecule has 0 amide bonds. The fourth-order valence-corrected chi connectivity index (χ4v) is 1.90. The van der Waals surface area contributed by atoms with Crippen LogP contribution in [0.5, 0.6) is 5.75 Å². The number of rotatable bonds is 7. The molecule has 0 aliphatic carbocycles. The molecule has 1 aromatic rings. The lowest BCUT2D eigenvalue weighted by Crippen LogP contribution is -2.05. The van der Waals surface area contributed by atoms with Gasteiger partial charge in [-0.3, -0.25) is 0 Å². The maximum Gasteiger partial charge on any atom is 0.331 e. The molecule has 0 atom stereocenters. The van der Waals surface area contributed by atoms with Crippen molar-refractivity contribution >= 4 is 11.5 Å².